The molecule has 1 aromatic rings. The van der Waals surface area contributed by atoms with Gasteiger partial charge in [-0.05, 0) is 39.3 Å². The lowest BCUT2D eigenvalue weighted by Gasteiger charge is -2.40. The van der Waals surface area contributed by atoms with E-state index in [9.17, 15) is 0 Å². The number of hydrogen-bond donors (Lipinski definition) is 2. The molecule has 1 fully saturated rings. The first-order valence-corrected chi connectivity index (χ1v) is 6.19. The summed E-state index contributed by atoms with van der Waals surface area (Å²) in [6.07, 6.45) is 5.12. The number of nitrogens with zero attached hydrogens (tertiary/aromatic N) is 1. The monoisotopic (exact) mass is 235 g/mol. The van der Waals surface area contributed by atoms with Crippen LogP contribution in [-0.2, 0) is 4.74 Å². The van der Waals surface area contributed by atoms with Crippen LogP contribution in [0.1, 0.15) is 37.8 Å². The molecule has 4 heteroatoms. The lowest BCUT2D eigenvalue weighted by molar-refractivity contribution is -0.0883. The molecule has 1 aromatic heterocycles. The Morgan fingerprint density at radius 2 is 2.35 bits per heavy atom. The molecule has 0 amide bonds. The Bertz CT molecular complexity index is 375. The van der Waals surface area contributed by atoms with Gasteiger partial charge in [0.2, 0.25) is 0 Å². The molecule has 2 rings (SSSR count). The number of pyridine rings is 1. The van der Waals surface area contributed by atoms with Crippen LogP contribution in [0, 0.1) is 0 Å². The molecular weight excluding hydrogens is 214 g/mol. The Balaban J connectivity index is 2.29. The van der Waals surface area contributed by atoms with E-state index in [-0.39, 0.29) is 11.6 Å². The van der Waals surface area contributed by atoms with E-state index in [1.165, 1.54) is 6.42 Å². The number of nitrogens with two attached hydrogens (primary N) is 1. The Hall–Kier alpha value is -1.13. The van der Waals surface area contributed by atoms with Crippen molar-refractivity contribution in [1.82, 2.24) is 10.3 Å². The number of nitrogens with one attached hydrogen (secondary N) is 1. The molecule has 1 aliphatic rings. The highest BCUT2D eigenvalue weighted by Crippen LogP contribution is 2.37. The molecule has 4 nitrogen and oxygen atoms in total. The molecule has 1 aliphatic heterocycles. The van der Waals surface area contributed by atoms with Crippen molar-refractivity contribution in [2.45, 2.75) is 37.8 Å². The average Bonchev–Trinajstić information content (AvgIpc) is 2.33. The minimum absolute atomic E-state index is 0.0940. The topological polar surface area (TPSA) is 60.2 Å². The molecule has 1 saturated heterocycles. The van der Waals surface area contributed by atoms with Crippen molar-refractivity contribution in [1.29, 1.82) is 0 Å². The molecule has 0 bridgehead atoms. The van der Waals surface area contributed by atoms with Gasteiger partial charge in [-0.1, -0.05) is 6.07 Å². The lowest BCUT2D eigenvalue weighted by atomic mass is 9.84. The number of hydrogen-bond acceptors (Lipinski definition) is 4. The van der Waals surface area contributed by atoms with Crippen LogP contribution in [0.3, 0.4) is 0 Å². The van der Waals surface area contributed by atoms with E-state index in [1.807, 2.05) is 19.2 Å². The van der Waals surface area contributed by atoms with E-state index in [0.29, 0.717) is 5.82 Å². The molecule has 17 heavy (non-hydrogen) atoms. The van der Waals surface area contributed by atoms with E-state index in [0.717, 1.165) is 25.0 Å². The fraction of sp³-hybridized carbons (Fsp3) is 0.615. The third kappa shape index (κ3) is 2.42. The predicted octanol–water partition coefficient (Wildman–Crippen LogP) is 1.88. The van der Waals surface area contributed by atoms with E-state index in [2.05, 4.69) is 17.2 Å². The van der Waals surface area contributed by atoms with E-state index in [1.54, 1.807) is 6.20 Å². The largest absolute Gasteiger partial charge is 0.383 e. The summed E-state index contributed by atoms with van der Waals surface area (Å²) in [6.45, 7) is 2.98. The Kier molecular flexibility index (Phi) is 3.64. The molecule has 0 saturated carbocycles. The van der Waals surface area contributed by atoms with E-state index in [4.69, 9.17) is 10.5 Å². The molecule has 2 heterocycles. The van der Waals surface area contributed by atoms with Gasteiger partial charge in [-0.2, -0.15) is 0 Å². The predicted molar refractivity (Wildman–Crippen MR) is 68.7 cm³/mol. The van der Waals surface area contributed by atoms with Crippen molar-refractivity contribution in [2.75, 3.05) is 19.4 Å². The Morgan fingerprint density at radius 3 is 2.94 bits per heavy atom. The van der Waals surface area contributed by atoms with Gasteiger partial charge in [0.05, 0.1) is 11.6 Å². The molecule has 94 valence electrons. The van der Waals surface area contributed by atoms with Crippen LogP contribution >= 0.6 is 0 Å². The highest BCUT2D eigenvalue weighted by molar-refractivity contribution is 5.42. The maximum absolute atomic E-state index is 5.98. The molecule has 0 aromatic carbocycles. The normalized spacial score (nSPS) is 26.7. The summed E-state index contributed by atoms with van der Waals surface area (Å²) < 4.78 is 5.98. The van der Waals surface area contributed by atoms with Crippen molar-refractivity contribution in [3.05, 3.63) is 23.9 Å². The molecule has 2 atom stereocenters. The first kappa shape index (κ1) is 12.3. The smallest absolute Gasteiger partial charge is 0.128 e. The van der Waals surface area contributed by atoms with Gasteiger partial charge in [0.1, 0.15) is 5.82 Å². The molecule has 0 radical (unpaired) electrons. The third-order valence-corrected chi connectivity index (χ3v) is 3.58. The standard InChI is InChI=1S/C13H21N3O/c1-13(7-3-4-9-17-13)11(15-2)10-6-5-8-16-12(10)14/h5-6,8,11,15H,3-4,7,9H2,1-2H3,(H2,14,16). The lowest BCUT2D eigenvalue weighted by Crippen LogP contribution is -2.45. The first-order chi connectivity index (χ1) is 8.17. The van der Waals surface area contributed by atoms with Gasteiger partial charge in [-0.3, -0.25) is 0 Å². The quantitative estimate of drug-likeness (QED) is 0.840. The van der Waals surface area contributed by atoms with Crippen molar-refractivity contribution >= 4 is 5.82 Å². The average molecular weight is 235 g/mol. The fourth-order valence-corrected chi connectivity index (χ4v) is 2.65. The summed E-state index contributed by atoms with van der Waals surface area (Å²) in [5.74, 6) is 0.585. The third-order valence-electron chi connectivity index (χ3n) is 3.58. The number of nitrogen functional groups attached to an aromatic ring is 1. The summed E-state index contributed by atoms with van der Waals surface area (Å²) in [5, 5.41) is 3.32. The van der Waals surface area contributed by atoms with Crippen molar-refractivity contribution in [3.63, 3.8) is 0 Å². The highest BCUT2D eigenvalue weighted by atomic mass is 16.5. The van der Waals surface area contributed by atoms with Gasteiger partial charge in [0, 0.05) is 18.4 Å². The van der Waals surface area contributed by atoms with Gasteiger partial charge in [-0.15, -0.1) is 0 Å². The number of rotatable bonds is 3. The first-order valence-electron chi connectivity index (χ1n) is 6.19. The van der Waals surface area contributed by atoms with Gasteiger partial charge < -0.3 is 15.8 Å². The summed E-state index contributed by atoms with van der Waals surface area (Å²) in [6, 6.07) is 4.03. The van der Waals surface area contributed by atoms with Crippen LogP contribution in [0.25, 0.3) is 0 Å². The highest BCUT2D eigenvalue weighted by Gasteiger charge is 2.37. The summed E-state index contributed by atoms with van der Waals surface area (Å²) in [7, 11) is 1.94. The fourth-order valence-electron chi connectivity index (χ4n) is 2.65. The van der Waals surface area contributed by atoms with Crippen LogP contribution in [-0.4, -0.2) is 24.2 Å². The second kappa shape index (κ2) is 5.02. The molecule has 3 N–H and O–H groups in total. The molecular formula is C13H21N3O. The van der Waals surface area contributed by atoms with Crippen LogP contribution in [0.4, 0.5) is 5.82 Å². The summed E-state index contributed by atoms with van der Waals surface area (Å²) in [5.41, 5.74) is 6.79. The van der Waals surface area contributed by atoms with Crippen molar-refractivity contribution < 1.29 is 4.74 Å². The zero-order valence-electron chi connectivity index (χ0n) is 10.6. The van der Waals surface area contributed by atoms with Crippen molar-refractivity contribution in [3.8, 4) is 0 Å². The maximum Gasteiger partial charge on any atom is 0.128 e. The zero-order chi connectivity index (χ0) is 12.3. The van der Waals surface area contributed by atoms with Gasteiger partial charge in [-0.25, -0.2) is 4.98 Å². The second-order valence-electron chi connectivity index (χ2n) is 4.82. The summed E-state index contributed by atoms with van der Waals surface area (Å²) in [4.78, 5) is 4.16. The van der Waals surface area contributed by atoms with Gasteiger partial charge in [0.25, 0.3) is 0 Å². The number of anilines is 1. The van der Waals surface area contributed by atoms with Crippen LogP contribution in [0.5, 0.6) is 0 Å². The Labute approximate surface area is 103 Å². The number of aromatic nitrogens is 1. The molecule has 2 unspecified atom stereocenters. The van der Waals surface area contributed by atoms with Crippen LogP contribution < -0.4 is 11.1 Å². The van der Waals surface area contributed by atoms with Gasteiger partial charge in [0.15, 0.2) is 0 Å². The molecule has 0 spiro atoms. The molecule has 0 aliphatic carbocycles. The van der Waals surface area contributed by atoms with Crippen molar-refractivity contribution in [2.24, 2.45) is 0 Å². The number of likely N-dealkylation sites (N-methyl/N-ethyl adjacent to an activating group) is 1. The number of ether oxygens (including phenoxy) is 1. The van der Waals surface area contributed by atoms with Crippen LogP contribution in [0.15, 0.2) is 18.3 Å². The second-order valence-corrected chi connectivity index (χ2v) is 4.82. The maximum atomic E-state index is 5.98. The minimum Gasteiger partial charge on any atom is -0.383 e. The van der Waals surface area contributed by atoms with Gasteiger partial charge >= 0.3 is 0 Å². The Morgan fingerprint density at radius 1 is 1.53 bits per heavy atom. The van der Waals surface area contributed by atoms with E-state index < -0.39 is 0 Å². The zero-order valence-corrected chi connectivity index (χ0v) is 10.6. The minimum atomic E-state index is -0.190. The van der Waals surface area contributed by atoms with E-state index >= 15 is 0 Å². The van der Waals surface area contributed by atoms with Crippen LogP contribution in [0.2, 0.25) is 0 Å². The summed E-state index contributed by atoms with van der Waals surface area (Å²) >= 11 is 0. The SMILES string of the molecule is CNC(c1cccnc1N)C1(C)CCCCO1.